The van der Waals surface area contributed by atoms with Crippen LogP contribution in [0.2, 0.25) is 0 Å². The van der Waals surface area contributed by atoms with E-state index in [1.807, 2.05) is 63.2 Å². The van der Waals surface area contributed by atoms with Crippen molar-refractivity contribution in [2.24, 2.45) is 5.92 Å². The second-order valence-electron chi connectivity index (χ2n) is 13.3. The standard InChI is InChI=1S/C40H42N4O7/c1-40(2,3)51-39(47)44-31-15-13-30(14-16-31)37(45)43-32-21-35(49-33-17-9-27(24-41)10-18-33)23-36(22-32)50-34-19-11-28(12-20-34)25-42-38(46)48-26-29-7-5-4-6-8-29/h4-12,17-23,30-31H,13-16,25-26H2,1-3H3,(H,42,46)(H,43,45)(H,44,47). The van der Waals surface area contributed by atoms with Gasteiger partial charge in [-0.15, -0.1) is 0 Å². The molecule has 11 heteroatoms. The summed E-state index contributed by atoms with van der Waals surface area (Å²) in [6, 6.07) is 30.6. The number of carbonyl (C=O) groups is 3. The number of anilines is 1. The molecule has 0 spiro atoms. The number of ether oxygens (including phenoxy) is 4. The number of carbonyl (C=O) groups excluding carboxylic acids is 3. The lowest BCUT2D eigenvalue weighted by Crippen LogP contribution is -2.42. The molecule has 0 aliphatic heterocycles. The molecular weight excluding hydrogens is 648 g/mol. The number of nitriles is 1. The molecule has 5 rings (SSSR count). The second-order valence-corrected chi connectivity index (χ2v) is 13.3. The van der Waals surface area contributed by atoms with Crippen molar-refractivity contribution >= 4 is 23.8 Å². The summed E-state index contributed by atoms with van der Waals surface area (Å²) < 4.78 is 22.9. The minimum atomic E-state index is -0.580. The number of nitrogens with zero attached hydrogens (tertiary/aromatic N) is 1. The SMILES string of the molecule is CC(C)(C)OC(=O)NC1CCC(C(=O)Nc2cc(Oc3ccc(C#N)cc3)cc(Oc3ccc(CNC(=O)OCc4ccccc4)cc3)c2)CC1. The summed E-state index contributed by atoms with van der Waals surface area (Å²) in [6.45, 7) is 5.92. The molecule has 0 bridgehead atoms. The lowest BCUT2D eigenvalue weighted by Gasteiger charge is -2.29. The van der Waals surface area contributed by atoms with Crippen LogP contribution in [-0.2, 0) is 27.4 Å². The Morgan fingerprint density at radius 2 is 1.35 bits per heavy atom. The van der Waals surface area contributed by atoms with Gasteiger partial charge in [0.05, 0.1) is 11.6 Å². The van der Waals surface area contributed by atoms with E-state index in [2.05, 4.69) is 22.0 Å². The van der Waals surface area contributed by atoms with Crippen molar-refractivity contribution in [1.82, 2.24) is 10.6 Å². The molecule has 1 aliphatic rings. The molecule has 1 fully saturated rings. The Morgan fingerprint density at radius 1 is 0.745 bits per heavy atom. The average molecular weight is 691 g/mol. The van der Waals surface area contributed by atoms with Crippen LogP contribution in [-0.4, -0.2) is 29.7 Å². The Morgan fingerprint density at radius 3 is 1.94 bits per heavy atom. The number of benzene rings is 4. The van der Waals surface area contributed by atoms with Crippen molar-refractivity contribution in [2.75, 3.05) is 5.32 Å². The van der Waals surface area contributed by atoms with Gasteiger partial charge in [-0.25, -0.2) is 9.59 Å². The number of hydrogen-bond acceptors (Lipinski definition) is 8. The van der Waals surface area contributed by atoms with E-state index < -0.39 is 17.8 Å². The molecular formula is C40H42N4O7. The first-order valence-corrected chi connectivity index (χ1v) is 16.9. The van der Waals surface area contributed by atoms with E-state index in [1.165, 1.54) is 0 Å². The zero-order valence-electron chi connectivity index (χ0n) is 28.9. The summed E-state index contributed by atoms with van der Waals surface area (Å²) >= 11 is 0. The third-order valence-electron chi connectivity index (χ3n) is 7.99. The molecule has 1 aliphatic carbocycles. The van der Waals surface area contributed by atoms with Gasteiger partial charge in [0, 0.05) is 42.4 Å². The van der Waals surface area contributed by atoms with Crippen LogP contribution >= 0.6 is 0 Å². The fourth-order valence-corrected chi connectivity index (χ4v) is 5.47. The molecule has 0 saturated heterocycles. The van der Waals surface area contributed by atoms with Gasteiger partial charge in [0.25, 0.3) is 0 Å². The van der Waals surface area contributed by atoms with Crippen molar-refractivity contribution in [1.29, 1.82) is 5.26 Å². The Hall–Kier alpha value is -6.02. The van der Waals surface area contributed by atoms with E-state index in [4.69, 9.17) is 24.2 Å². The molecule has 3 N–H and O–H groups in total. The van der Waals surface area contributed by atoms with E-state index in [-0.39, 0.29) is 31.0 Å². The number of amides is 3. The van der Waals surface area contributed by atoms with Crippen LogP contribution in [0.4, 0.5) is 15.3 Å². The van der Waals surface area contributed by atoms with Crippen molar-refractivity contribution in [3.05, 3.63) is 114 Å². The summed E-state index contributed by atoms with van der Waals surface area (Å²) in [6.07, 6.45) is 1.58. The van der Waals surface area contributed by atoms with Crippen molar-refractivity contribution in [3.8, 4) is 29.1 Å². The van der Waals surface area contributed by atoms with Crippen LogP contribution in [0.1, 0.15) is 63.1 Å². The van der Waals surface area contributed by atoms with Crippen LogP contribution in [0, 0.1) is 17.2 Å². The van der Waals surface area contributed by atoms with Gasteiger partial charge in [0.15, 0.2) is 0 Å². The highest BCUT2D eigenvalue weighted by molar-refractivity contribution is 5.93. The van der Waals surface area contributed by atoms with Crippen LogP contribution < -0.4 is 25.4 Å². The zero-order chi connectivity index (χ0) is 36.2. The summed E-state index contributed by atoms with van der Waals surface area (Å²) in [7, 11) is 0. The van der Waals surface area contributed by atoms with Gasteiger partial charge < -0.3 is 34.9 Å². The largest absolute Gasteiger partial charge is 0.457 e. The molecule has 11 nitrogen and oxygen atoms in total. The number of nitrogens with one attached hydrogen (secondary N) is 3. The quantitative estimate of drug-likeness (QED) is 0.142. The van der Waals surface area contributed by atoms with Crippen molar-refractivity contribution < 1.29 is 33.3 Å². The predicted molar refractivity (Wildman–Crippen MR) is 191 cm³/mol. The molecule has 0 heterocycles. The molecule has 0 radical (unpaired) electrons. The second kappa shape index (κ2) is 17.1. The van der Waals surface area contributed by atoms with Gasteiger partial charge in [-0.05, 0) is 94.0 Å². The number of hydrogen-bond donors (Lipinski definition) is 3. The number of rotatable bonds is 11. The van der Waals surface area contributed by atoms with Gasteiger partial charge in [-0.1, -0.05) is 42.5 Å². The first kappa shape index (κ1) is 36.3. The van der Waals surface area contributed by atoms with Crippen LogP contribution in [0.25, 0.3) is 0 Å². The summed E-state index contributed by atoms with van der Waals surface area (Å²) in [5.41, 5.74) is 2.17. The third-order valence-corrected chi connectivity index (χ3v) is 7.99. The molecule has 4 aromatic rings. The minimum absolute atomic E-state index is 0.0521. The average Bonchev–Trinajstić information content (AvgIpc) is 3.10. The van der Waals surface area contributed by atoms with E-state index in [0.717, 1.165) is 11.1 Å². The van der Waals surface area contributed by atoms with Crippen LogP contribution in [0.3, 0.4) is 0 Å². The van der Waals surface area contributed by atoms with Crippen LogP contribution in [0.5, 0.6) is 23.0 Å². The summed E-state index contributed by atoms with van der Waals surface area (Å²) in [4.78, 5) is 37.7. The van der Waals surface area contributed by atoms with Crippen molar-refractivity contribution in [3.63, 3.8) is 0 Å². The van der Waals surface area contributed by atoms with E-state index in [9.17, 15) is 14.4 Å². The fourth-order valence-electron chi connectivity index (χ4n) is 5.47. The van der Waals surface area contributed by atoms with Gasteiger partial charge >= 0.3 is 12.2 Å². The monoisotopic (exact) mass is 690 g/mol. The van der Waals surface area contributed by atoms with E-state index in [1.54, 1.807) is 54.6 Å². The van der Waals surface area contributed by atoms with Crippen molar-refractivity contribution in [2.45, 2.75) is 71.2 Å². The molecule has 3 amide bonds. The van der Waals surface area contributed by atoms with E-state index >= 15 is 0 Å². The predicted octanol–water partition coefficient (Wildman–Crippen LogP) is 8.59. The maximum absolute atomic E-state index is 13.4. The fraction of sp³-hybridized carbons (Fsp3) is 0.300. The minimum Gasteiger partial charge on any atom is -0.457 e. The Kier molecular flexibility index (Phi) is 12.1. The maximum Gasteiger partial charge on any atom is 0.407 e. The molecule has 0 atom stereocenters. The summed E-state index contributed by atoms with van der Waals surface area (Å²) in [5.74, 6) is 1.54. The highest BCUT2D eigenvalue weighted by Gasteiger charge is 2.28. The van der Waals surface area contributed by atoms with E-state index in [0.29, 0.717) is 59.9 Å². The molecule has 4 aromatic carbocycles. The smallest absolute Gasteiger partial charge is 0.407 e. The highest BCUT2D eigenvalue weighted by atomic mass is 16.6. The van der Waals surface area contributed by atoms with Crippen LogP contribution in [0.15, 0.2) is 97.1 Å². The van der Waals surface area contributed by atoms with Gasteiger partial charge in [0.2, 0.25) is 5.91 Å². The topological polar surface area (TPSA) is 148 Å². The third kappa shape index (κ3) is 11.8. The Balaban J connectivity index is 1.20. The molecule has 264 valence electrons. The van der Waals surface area contributed by atoms with Gasteiger partial charge in [0.1, 0.15) is 35.2 Å². The molecule has 1 saturated carbocycles. The molecule has 0 unspecified atom stereocenters. The molecule has 0 aromatic heterocycles. The maximum atomic E-state index is 13.4. The zero-order valence-corrected chi connectivity index (χ0v) is 28.9. The Bertz CT molecular complexity index is 1820. The highest BCUT2D eigenvalue weighted by Crippen LogP contribution is 2.34. The Labute approximate surface area is 297 Å². The normalized spacial score (nSPS) is 15.4. The first-order valence-electron chi connectivity index (χ1n) is 16.9. The molecule has 51 heavy (non-hydrogen) atoms. The lowest BCUT2D eigenvalue weighted by atomic mass is 9.85. The summed E-state index contributed by atoms with van der Waals surface area (Å²) in [5, 5.41) is 17.8. The number of alkyl carbamates (subject to hydrolysis) is 2. The van der Waals surface area contributed by atoms with Gasteiger partial charge in [-0.3, -0.25) is 4.79 Å². The lowest BCUT2D eigenvalue weighted by molar-refractivity contribution is -0.120. The first-order chi connectivity index (χ1) is 24.5. The van der Waals surface area contributed by atoms with Gasteiger partial charge in [-0.2, -0.15) is 5.26 Å².